The van der Waals surface area contributed by atoms with Crippen LogP contribution in [0.3, 0.4) is 0 Å². The number of benzene rings is 1. The molecule has 1 unspecified atom stereocenters. The molecule has 6 nitrogen and oxygen atoms in total. The predicted molar refractivity (Wildman–Crippen MR) is 84.7 cm³/mol. The Bertz CT molecular complexity index is 620. The molecule has 2 aliphatic rings. The number of carbonyl (C=O) groups is 2. The second-order valence-electron chi connectivity index (χ2n) is 6.04. The van der Waals surface area contributed by atoms with Gasteiger partial charge in [-0.15, -0.1) is 0 Å². The fourth-order valence-corrected chi connectivity index (χ4v) is 3.11. The Hall–Kier alpha value is -2.38. The quantitative estimate of drug-likeness (QED) is 0.848. The minimum atomic E-state index is -0.598. The van der Waals surface area contributed by atoms with Gasteiger partial charge in [-0.05, 0) is 18.6 Å². The normalized spacial score (nSPS) is 21.4. The van der Waals surface area contributed by atoms with E-state index in [-0.39, 0.29) is 30.1 Å². The number of rotatable bonds is 2. The fourth-order valence-electron chi connectivity index (χ4n) is 3.11. The number of para-hydroxylation sites is 1. The maximum absolute atomic E-state index is 13.8. The van der Waals surface area contributed by atoms with E-state index in [1.54, 1.807) is 9.80 Å². The number of hydrogen-bond donors (Lipinski definition) is 2. The Morgan fingerprint density at radius 2 is 1.96 bits per heavy atom. The number of nitrogens with one attached hydrogen (secondary N) is 2. The molecule has 24 heavy (non-hydrogen) atoms. The van der Waals surface area contributed by atoms with Crippen LogP contribution in [-0.2, 0) is 4.79 Å². The maximum atomic E-state index is 13.8. The van der Waals surface area contributed by atoms with Crippen molar-refractivity contribution in [1.29, 1.82) is 0 Å². The molecule has 2 heterocycles. The van der Waals surface area contributed by atoms with Gasteiger partial charge in [-0.2, -0.15) is 0 Å². The zero-order chi connectivity index (χ0) is 17.1. The van der Waals surface area contributed by atoms with Crippen LogP contribution in [0.4, 0.5) is 19.3 Å². The highest BCUT2D eigenvalue weighted by atomic mass is 19.1. The highest BCUT2D eigenvalue weighted by Gasteiger charge is 2.29. The molecule has 0 aromatic heterocycles. The molecule has 1 atom stereocenters. The van der Waals surface area contributed by atoms with Crippen LogP contribution >= 0.6 is 0 Å². The van der Waals surface area contributed by atoms with Gasteiger partial charge in [0.1, 0.15) is 17.3 Å². The van der Waals surface area contributed by atoms with E-state index >= 15 is 0 Å². The van der Waals surface area contributed by atoms with Crippen molar-refractivity contribution < 1.29 is 18.4 Å². The van der Waals surface area contributed by atoms with Gasteiger partial charge in [-0.1, -0.05) is 6.07 Å². The Morgan fingerprint density at radius 1 is 1.21 bits per heavy atom. The van der Waals surface area contributed by atoms with Crippen LogP contribution in [0.15, 0.2) is 18.2 Å². The molecular formula is C16H20F2N4O2. The summed E-state index contributed by atoms with van der Waals surface area (Å²) in [4.78, 5) is 26.8. The summed E-state index contributed by atoms with van der Waals surface area (Å²) in [6, 6.07) is 3.37. The molecule has 130 valence electrons. The molecule has 0 aliphatic carbocycles. The van der Waals surface area contributed by atoms with Crippen LogP contribution in [0.2, 0.25) is 0 Å². The third kappa shape index (κ3) is 3.58. The fraction of sp³-hybridized carbons (Fsp3) is 0.500. The van der Waals surface area contributed by atoms with E-state index < -0.39 is 11.6 Å². The predicted octanol–water partition coefficient (Wildman–Crippen LogP) is 1.07. The van der Waals surface area contributed by atoms with E-state index in [4.69, 9.17) is 0 Å². The molecule has 1 aromatic rings. The van der Waals surface area contributed by atoms with Crippen LogP contribution in [0.5, 0.6) is 0 Å². The molecular weight excluding hydrogens is 318 g/mol. The van der Waals surface area contributed by atoms with Crippen LogP contribution in [-0.4, -0.2) is 55.6 Å². The summed E-state index contributed by atoms with van der Waals surface area (Å²) < 4.78 is 27.7. The van der Waals surface area contributed by atoms with Crippen molar-refractivity contribution in [2.75, 3.05) is 37.6 Å². The maximum Gasteiger partial charge on any atom is 0.317 e. The molecule has 0 spiro atoms. The molecule has 8 heteroatoms. The van der Waals surface area contributed by atoms with E-state index in [9.17, 15) is 18.4 Å². The Balaban J connectivity index is 1.58. The minimum Gasteiger partial charge on any atom is -0.365 e. The molecule has 2 fully saturated rings. The lowest BCUT2D eigenvalue weighted by Crippen LogP contribution is -2.47. The van der Waals surface area contributed by atoms with Crippen molar-refractivity contribution in [3.63, 3.8) is 0 Å². The lowest BCUT2D eigenvalue weighted by Gasteiger charge is -2.24. The van der Waals surface area contributed by atoms with Crippen LogP contribution in [0.25, 0.3) is 0 Å². The highest BCUT2D eigenvalue weighted by molar-refractivity contribution is 5.79. The summed E-state index contributed by atoms with van der Waals surface area (Å²) in [6.45, 7) is 2.09. The van der Waals surface area contributed by atoms with Gasteiger partial charge in [0.15, 0.2) is 0 Å². The van der Waals surface area contributed by atoms with Gasteiger partial charge in [-0.3, -0.25) is 4.79 Å². The third-order valence-corrected chi connectivity index (χ3v) is 4.37. The molecule has 3 amide bonds. The molecule has 2 aliphatic heterocycles. The molecule has 0 bridgehead atoms. The summed E-state index contributed by atoms with van der Waals surface area (Å²) in [5, 5.41) is 5.60. The second kappa shape index (κ2) is 7.02. The number of anilines is 1. The van der Waals surface area contributed by atoms with Gasteiger partial charge < -0.3 is 20.4 Å². The number of amides is 3. The first kappa shape index (κ1) is 16.5. The second-order valence-corrected chi connectivity index (χ2v) is 6.04. The van der Waals surface area contributed by atoms with Gasteiger partial charge in [0.2, 0.25) is 5.91 Å². The number of urea groups is 1. The number of nitrogens with zero attached hydrogens (tertiary/aromatic N) is 2. The SMILES string of the molecule is O=C1CCN(C(=O)NC2CCN(c3c(F)cccc3F)C2)CCN1. The summed E-state index contributed by atoms with van der Waals surface area (Å²) >= 11 is 0. The van der Waals surface area contributed by atoms with Crippen LogP contribution < -0.4 is 15.5 Å². The molecule has 0 saturated carbocycles. The lowest BCUT2D eigenvalue weighted by molar-refractivity contribution is -0.120. The third-order valence-electron chi connectivity index (χ3n) is 4.37. The number of hydrogen-bond acceptors (Lipinski definition) is 3. The highest BCUT2D eigenvalue weighted by Crippen LogP contribution is 2.26. The summed E-state index contributed by atoms with van der Waals surface area (Å²) in [7, 11) is 0. The van der Waals surface area contributed by atoms with Crippen molar-refractivity contribution in [3.05, 3.63) is 29.8 Å². The topological polar surface area (TPSA) is 64.7 Å². The van der Waals surface area contributed by atoms with Gasteiger partial charge >= 0.3 is 6.03 Å². The first-order valence-corrected chi connectivity index (χ1v) is 8.05. The van der Waals surface area contributed by atoms with Crippen molar-refractivity contribution in [1.82, 2.24) is 15.5 Å². The number of halogens is 2. The van der Waals surface area contributed by atoms with Gasteiger partial charge in [-0.25, -0.2) is 13.6 Å². The van der Waals surface area contributed by atoms with Crippen molar-refractivity contribution >= 4 is 17.6 Å². The van der Waals surface area contributed by atoms with Crippen LogP contribution in [0, 0.1) is 11.6 Å². The minimum absolute atomic E-state index is 0.0428. The van der Waals surface area contributed by atoms with E-state index in [2.05, 4.69) is 10.6 Å². The first-order valence-electron chi connectivity index (χ1n) is 8.05. The lowest BCUT2D eigenvalue weighted by atomic mass is 10.2. The zero-order valence-corrected chi connectivity index (χ0v) is 13.2. The monoisotopic (exact) mass is 338 g/mol. The van der Waals surface area contributed by atoms with Crippen molar-refractivity contribution in [2.24, 2.45) is 0 Å². The summed E-state index contributed by atoms with van der Waals surface area (Å²) in [6.07, 6.45) is 0.898. The standard InChI is InChI=1S/C16H20F2N4O2/c17-12-2-1-3-13(18)15(12)22-7-4-11(10-22)20-16(24)21-8-5-14(23)19-6-9-21/h1-3,11H,4-10H2,(H,19,23)(H,20,24). The Morgan fingerprint density at radius 3 is 2.71 bits per heavy atom. The first-order chi connectivity index (χ1) is 11.5. The largest absolute Gasteiger partial charge is 0.365 e. The molecule has 0 radical (unpaired) electrons. The molecule has 2 N–H and O–H groups in total. The van der Waals surface area contributed by atoms with E-state index in [0.29, 0.717) is 39.1 Å². The van der Waals surface area contributed by atoms with E-state index in [0.717, 1.165) is 0 Å². The van der Waals surface area contributed by atoms with Gasteiger partial charge in [0.05, 0.1) is 0 Å². The van der Waals surface area contributed by atoms with Crippen molar-refractivity contribution in [2.45, 2.75) is 18.9 Å². The molecule has 1 aromatic carbocycles. The van der Waals surface area contributed by atoms with E-state index in [1.807, 2.05) is 0 Å². The van der Waals surface area contributed by atoms with Gasteiger partial charge in [0, 0.05) is 45.2 Å². The average molecular weight is 338 g/mol. The van der Waals surface area contributed by atoms with Gasteiger partial charge in [0.25, 0.3) is 0 Å². The summed E-state index contributed by atoms with van der Waals surface area (Å²) in [5.41, 5.74) is -0.0428. The average Bonchev–Trinajstić information content (AvgIpc) is 2.86. The molecule has 3 rings (SSSR count). The molecule has 2 saturated heterocycles. The Kier molecular flexibility index (Phi) is 4.82. The van der Waals surface area contributed by atoms with Crippen molar-refractivity contribution in [3.8, 4) is 0 Å². The van der Waals surface area contributed by atoms with Crippen LogP contribution in [0.1, 0.15) is 12.8 Å². The summed E-state index contributed by atoms with van der Waals surface area (Å²) in [5.74, 6) is -1.26. The van der Waals surface area contributed by atoms with E-state index in [1.165, 1.54) is 18.2 Å². The zero-order valence-electron chi connectivity index (χ0n) is 13.2. The Labute approximate surface area is 138 Å². The number of carbonyl (C=O) groups excluding carboxylic acids is 2. The smallest absolute Gasteiger partial charge is 0.317 e.